The first-order chi connectivity index (χ1) is 8.65. The Labute approximate surface area is 108 Å². The molecule has 0 N–H and O–H groups in total. The van der Waals surface area contributed by atoms with Crippen LogP contribution in [0.4, 0.5) is 4.39 Å². The Morgan fingerprint density at radius 1 is 1.28 bits per heavy atom. The Balaban J connectivity index is 2.19. The van der Waals surface area contributed by atoms with Gasteiger partial charge in [0.2, 0.25) is 7.37 Å². The Kier molecular flexibility index (Phi) is 4.58. The second kappa shape index (κ2) is 5.99. The van der Waals surface area contributed by atoms with Crippen LogP contribution in [0, 0.1) is 5.82 Å². The molecule has 1 aliphatic carbocycles. The van der Waals surface area contributed by atoms with Crippen LogP contribution in [0.15, 0.2) is 24.3 Å². The lowest BCUT2D eigenvalue weighted by molar-refractivity contribution is 0.161. The lowest BCUT2D eigenvalue weighted by atomic mass is 9.98. The van der Waals surface area contributed by atoms with Gasteiger partial charge in [-0.25, -0.2) is 4.39 Å². The lowest BCUT2D eigenvalue weighted by Crippen LogP contribution is -2.21. The minimum atomic E-state index is -3.03. The smallest absolute Gasteiger partial charge is 0.235 e. The zero-order valence-corrected chi connectivity index (χ0v) is 11.7. The van der Waals surface area contributed by atoms with E-state index in [-0.39, 0.29) is 11.4 Å². The summed E-state index contributed by atoms with van der Waals surface area (Å²) in [6.07, 6.45) is 5.72. The minimum absolute atomic E-state index is 0.0316. The molecule has 0 amide bonds. The highest BCUT2D eigenvalue weighted by atomic mass is 31.2. The van der Waals surface area contributed by atoms with E-state index in [0.29, 0.717) is 6.16 Å². The molecule has 1 aliphatic rings. The molecular weight excluding hydrogens is 250 g/mol. The van der Waals surface area contributed by atoms with E-state index in [1.807, 2.05) is 0 Å². The van der Waals surface area contributed by atoms with Crippen molar-refractivity contribution in [3.63, 3.8) is 0 Å². The van der Waals surface area contributed by atoms with Gasteiger partial charge in [-0.1, -0.05) is 38.3 Å². The summed E-state index contributed by atoms with van der Waals surface area (Å²) in [6, 6.07) is 6.26. The monoisotopic (exact) mass is 270 g/mol. The summed E-state index contributed by atoms with van der Waals surface area (Å²) in [5, 5.41) is 0.248. The Morgan fingerprint density at radius 2 is 1.94 bits per heavy atom. The van der Waals surface area contributed by atoms with E-state index in [9.17, 15) is 8.96 Å². The van der Waals surface area contributed by atoms with E-state index in [1.54, 1.807) is 25.1 Å². The van der Waals surface area contributed by atoms with Gasteiger partial charge in [-0.3, -0.25) is 4.57 Å². The molecule has 100 valence electrons. The van der Waals surface area contributed by atoms with Crippen molar-refractivity contribution >= 4 is 12.7 Å². The normalized spacial score (nSPS) is 20.6. The SMILES string of the molecule is CCP(=O)(OC1CCCCC1)c1ccccc1F. The molecule has 0 spiro atoms. The first-order valence-electron chi connectivity index (χ1n) is 6.68. The molecule has 0 aromatic heterocycles. The third-order valence-electron chi connectivity index (χ3n) is 3.51. The number of halogens is 1. The topological polar surface area (TPSA) is 26.3 Å². The molecule has 1 unspecified atom stereocenters. The van der Waals surface area contributed by atoms with Gasteiger partial charge in [-0.2, -0.15) is 0 Å². The summed E-state index contributed by atoms with van der Waals surface area (Å²) in [5.74, 6) is -0.418. The minimum Gasteiger partial charge on any atom is -0.322 e. The van der Waals surface area contributed by atoms with Gasteiger partial charge in [-0.05, 0) is 25.0 Å². The van der Waals surface area contributed by atoms with Crippen molar-refractivity contribution in [3.05, 3.63) is 30.1 Å². The number of rotatable bonds is 4. The standard InChI is InChI=1S/C14H20FO2P/c1-2-18(16,14-11-7-6-10-13(14)15)17-12-8-4-3-5-9-12/h6-7,10-12H,2-5,8-9H2,1H3. The second-order valence-electron chi connectivity index (χ2n) is 4.81. The molecule has 4 heteroatoms. The number of hydrogen-bond acceptors (Lipinski definition) is 2. The predicted octanol–water partition coefficient (Wildman–Crippen LogP) is 4.10. The average molecular weight is 270 g/mol. The molecule has 18 heavy (non-hydrogen) atoms. The molecule has 1 fully saturated rings. The third kappa shape index (κ3) is 3.02. The molecule has 1 saturated carbocycles. The van der Waals surface area contributed by atoms with E-state index >= 15 is 0 Å². The maximum absolute atomic E-state index is 13.8. The highest BCUT2D eigenvalue weighted by Crippen LogP contribution is 2.48. The third-order valence-corrected chi connectivity index (χ3v) is 6.08. The van der Waals surface area contributed by atoms with Gasteiger partial charge in [0, 0.05) is 6.16 Å². The molecule has 2 rings (SSSR count). The van der Waals surface area contributed by atoms with Gasteiger partial charge in [0.05, 0.1) is 11.4 Å². The number of benzene rings is 1. The second-order valence-corrected chi connectivity index (χ2v) is 7.48. The Hall–Kier alpha value is -0.660. The fraction of sp³-hybridized carbons (Fsp3) is 0.571. The maximum atomic E-state index is 13.8. The molecule has 1 aromatic rings. The van der Waals surface area contributed by atoms with E-state index in [4.69, 9.17) is 4.52 Å². The van der Waals surface area contributed by atoms with E-state index < -0.39 is 13.2 Å². The molecule has 0 aliphatic heterocycles. The van der Waals surface area contributed by atoms with Crippen molar-refractivity contribution in [2.75, 3.05) is 6.16 Å². The van der Waals surface area contributed by atoms with Gasteiger partial charge in [0.1, 0.15) is 5.82 Å². The van der Waals surface area contributed by atoms with Crippen molar-refractivity contribution in [3.8, 4) is 0 Å². The van der Waals surface area contributed by atoms with E-state index in [0.717, 1.165) is 25.7 Å². The van der Waals surface area contributed by atoms with Crippen molar-refractivity contribution < 1.29 is 13.5 Å². The average Bonchev–Trinajstić information content (AvgIpc) is 2.40. The van der Waals surface area contributed by atoms with Crippen molar-refractivity contribution in [2.24, 2.45) is 0 Å². The molecule has 0 radical (unpaired) electrons. The molecule has 1 aromatic carbocycles. The Morgan fingerprint density at radius 3 is 2.56 bits per heavy atom. The number of hydrogen-bond donors (Lipinski definition) is 0. The zero-order valence-electron chi connectivity index (χ0n) is 10.8. The van der Waals surface area contributed by atoms with Gasteiger partial charge in [0.15, 0.2) is 0 Å². The molecule has 2 nitrogen and oxygen atoms in total. The van der Waals surface area contributed by atoms with Crippen molar-refractivity contribution in [1.82, 2.24) is 0 Å². The van der Waals surface area contributed by atoms with Gasteiger partial charge >= 0.3 is 0 Å². The summed E-state index contributed by atoms with van der Waals surface area (Å²) >= 11 is 0. The molecule has 0 heterocycles. The highest BCUT2D eigenvalue weighted by molar-refractivity contribution is 7.67. The van der Waals surface area contributed by atoms with Crippen LogP contribution in [0.2, 0.25) is 0 Å². The molecular formula is C14H20FO2P. The van der Waals surface area contributed by atoms with Crippen LogP contribution in [-0.2, 0) is 9.09 Å². The lowest BCUT2D eigenvalue weighted by Gasteiger charge is -2.27. The zero-order chi connectivity index (χ0) is 13.0. The van der Waals surface area contributed by atoms with E-state index in [2.05, 4.69) is 0 Å². The maximum Gasteiger partial charge on any atom is 0.235 e. The summed E-state index contributed by atoms with van der Waals surface area (Å²) in [5.41, 5.74) is 0. The van der Waals surface area contributed by atoms with Crippen LogP contribution >= 0.6 is 7.37 Å². The van der Waals surface area contributed by atoms with Crippen LogP contribution in [0.1, 0.15) is 39.0 Å². The summed E-state index contributed by atoms with van der Waals surface area (Å²) in [7, 11) is -3.03. The van der Waals surface area contributed by atoms with Crippen LogP contribution in [-0.4, -0.2) is 12.3 Å². The molecule has 0 saturated heterocycles. The first kappa shape index (κ1) is 13.8. The fourth-order valence-corrected chi connectivity index (χ4v) is 4.45. The Bertz CT molecular complexity index is 441. The van der Waals surface area contributed by atoms with Crippen LogP contribution in [0.5, 0.6) is 0 Å². The summed E-state index contributed by atoms with van der Waals surface area (Å²) < 4.78 is 32.4. The summed E-state index contributed by atoms with van der Waals surface area (Å²) in [4.78, 5) is 0. The first-order valence-corrected chi connectivity index (χ1v) is 8.49. The van der Waals surface area contributed by atoms with E-state index in [1.165, 1.54) is 12.5 Å². The van der Waals surface area contributed by atoms with Gasteiger partial charge < -0.3 is 4.52 Å². The highest BCUT2D eigenvalue weighted by Gasteiger charge is 2.30. The largest absolute Gasteiger partial charge is 0.322 e. The van der Waals surface area contributed by atoms with Crippen LogP contribution in [0.25, 0.3) is 0 Å². The summed E-state index contributed by atoms with van der Waals surface area (Å²) in [6.45, 7) is 1.80. The van der Waals surface area contributed by atoms with Crippen LogP contribution in [0.3, 0.4) is 0 Å². The van der Waals surface area contributed by atoms with Crippen molar-refractivity contribution in [1.29, 1.82) is 0 Å². The van der Waals surface area contributed by atoms with Crippen molar-refractivity contribution in [2.45, 2.75) is 45.1 Å². The van der Waals surface area contributed by atoms with Gasteiger partial charge in [0.25, 0.3) is 0 Å². The molecule has 0 bridgehead atoms. The van der Waals surface area contributed by atoms with Gasteiger partial charge in [-0.15, -0.1) is 0 Å². The molecule has 1 atom stereocenters. The fourth-order valence-electron chi connectivity index (χ4n) is 2.44. The quantitative estimate of drug-likeness (QED) is 0.770. The van der Waals surface area contributed by atoms with Crippen LogP contribution < -0.4 is 5.30 Å². The predicted molar refractivity (Wildman–Crippen MR) is 72.1 cm³/mol.